The van der Waals surface area contributed by atoms with E-state index in [1.54, 1.807) is 0 Å². The second kappa shape index (κ2) is 5.89. The Morgan fingerprint density at radius 3 is 2.00 bits per heavy atom. The minimum Gasteiger partial charge on any atom is -0.319 e. The molecule has 0 heterocycles. The summed E-state index contributed by atoms with van der Waals surface area (Å²) in [6.45, 7) is 1.83. The smallest absolute Gasteiger partial charge is 0.0631 e. The van der Waals surface area contributed by atoms with Gasteiger partial charge in [0.05, 0.1) is 5.37 Å². The fourth-order valence-corrected chi connectivity index (χ4v) is 0. The van der Waals surface area contributed by atoms with Crippen LogP contribution in [-0.2, 0) is 0 Å². The number of rotatable bonds is 1. The Labute approximate surface area is 52.5 Å². The van der Waals surface area contributed by atoms with E-state index >= 15 is 0 Å². The van der Waals surface area contributed by atoms with Crippen LogP contribution in [0.15, 0.2) is 0 Å². The van der Waals surface area contributed by atoms with Crippen LogP contribution in [0.1, 0.15) is 6.92 Å². The summed E-state index contributed by atoms with van der Waals surface area (Å²) in [4.78, 5) is 0. The molecule has 0 amide bonds. The number of halogens is 2. The van der Waals surface area contributed by atoms with Gasteiger partial charge < -0.3 is 5.73 Å². The van der Waals surface area contributed by atoms with Crippen molar-refractivity contribution in [3.8, 4) is 0 Å². The minimum absolute atomic E-state index is 0. The number of nitrogens with two attached hydrogens (primary N) is 1. The summed E-state index contributed by atoms with van der Waals surface area (Å²) in [5.41, 5.74) is 5.12. The average Bonchev–Trinajstić information content (AvgIpc) is 1.38. The van der Waals surface area contributed by atoms with Crippen LogP contribution in [0.25, 0.3) is 0 Å². The Morgan fingerprint density at radius 2 is 2.00 bits per heavy atom. The fraction of sp³-hybridized carbons (Fsp3) is 1.00. The van der Waals surface area contributed by atoms with Gasteiger partial charge in [-0.2, -0.15) is 0 Å². The molecular weight excluding hydrogens is 141 g/mol. The number of hydrogen-bond donors (Lipinski definition) is 1. The topological polar surface area (TPSA) is 26.0 Å². The molecule has 0 aromatic rings. The van der Waals surface area contributed by atoms with Gasteiger partial charge in [0.1, 0.15) is 0 Å². The molecule has 0 spiro atoms. The van der Waals surface area contributed by atoms with Gasteiger partial charge in [0.25, 0.3) is 0 Å². The Balaban J connectivity index is 0. The molecule has 0 bridgehead atoms. The van der Waals surface area contributed by atoms with Gasteiger partial charge in [-0.25, -0.2) is 0 Å². The van der Waals surface area contributed by atoms with Crippen molar-refractivity contribution >= 4 is 34.1 Å². The molecule has 1 nitrogen and oxygen atoms in total. The average molecular weight is 148 g/mol. The Bertz CT molecular complexity index is 25.5. The fourth-order valence-electron chi connectivity index (χ4n) is 0. The first-order chi connectivity index (χ1) is 2.27. The second-order valence-corrected chi connectivity index (χ2v) is 2.25. The van der Waals surface area contributed by atoms with E-state index in [1.807, 2.05) is 6.92 Å². The van der Waals surface area contributed by atoms with Gasteiger partial charge in [0, 0.05) is 0 Å². The van der Waals surface area contributed by atoms with Crippen LogP contribution in [0.3, 0.4) is 0 Å². The van der Waals surface area contributed by atoms with E-state index in [4.69, 9.17) is 16.4 Å². The van der Waals surface area contributed by atoms with E-state index in [9.17, 15) is 0 Å². The predicted molar refractivity (Wildman–Crippen MR) is 34.3 cm³/mol. The zero-order valence-electron chi connectivity index (χ0n) is 3.35. The van der Waals surface area contributed by atoms with Crippen LogP contribution < -0.4 is 5.73 Å². The maximum atomic E-state index is 5.13. The van der Waals surface area contributed by atoms with Crippen molar-refractivity contribution in [2.75, 3.05) is 0 Å². The summed E-state index contributed by atoms with van der Waals surface area (Å²) in [6, 6.07) is 0. The Kier molecular flexibility index (Phi) is 9.81. The van der Waals surface area contributed by atoms with Crippen molar-refractivity contribution in [2.45, 2.75) is 12.3 Å². The molecule has 0 rings (SSSR count). The molecule has 0 fully saturated rings. The predicted octanol–water partition coefficient (Wildman–Crippen LogP) is 1.60. The van der Waals surface area contributed by atoms with Crippen LogP contribution in [-0.4, -0.2) is 5.37 Å². The van der Waals surface area contributed by atoms with Crippen molar-refractivity contribution < 1.29 is 0 Å². The van der Waals surface area contributed by atoms with Crippen LogP contribution in [0, 0.1) is 0 Å². The van der Waals surface area contributed by atoms with Gasteiger partial charge in [0.2, 0.25) is 0 Å². The van der Waals surface area contributed by atoms with Crippen molar-refractivity contribution in [1.82, 2.24) is 0 Å². The summed E-state index contributed by atoms with van der Waals surface area (Å²) >= 11 is 0. The third kappa shape index (κ3) is 8.86. The molecule has 0 saturated heterocycles. The number of hydrogen-bond acceptors (Lipinski definition) is 2. The molecule has 2 N–H and O–H groups in total. The normalized spacial score (nSPS) is 12.5. The molecular formula is C2H7Cl2NS. The lowest BCUT2D eigenvalue weighted by molar-refractivity contribution is 1.06. The molecule has 0 saturated carbocycles. The van der Waals surface area contributed by atoms with Crippen molar-refractivity contribution in [3.63, 3.8) is 0 Å². The van der Waals surface area contributed by atoms with E-state index in [0.29, 0.717) is 0 Å². The SMILES string of the molecule is CC(N)SCl.Cl. The third-order valence-corrected chi connectivity index (χ3v) is 1.26. The maximum absolute atomic E-state index is 5.13. The van der Waals surface area contributed by atoms with Crippen molar-refractivity contribution in [3.05, 3.63) is 0 Å². The van der Waals surface area contributed by atoms with E-state index in [2.05, 4.69) is 0 Å². The first-order valence-corrected chi connectivity index (χ1v) is 3.01. The summed E-state index contributed by atoms with van der Waals surface area (Å²) < 4.78 is 0. The summed E-state index contributed by atoms with van der Waals surface area (Å²) in [5, 5.41) is 0.0664. The first-order valence-electron chi connectivity index (χ1n) is 1.30. The second-order valence-electron chi connectivity index (χ2n) is 0.794. The zero-order chi connectivity index (χ0) is 4.28. The summed E-state index contributed by atoms with van der Waals surface area (Å²) in [6.07, 6.45) is 0. The molecule has 4 heteroatoms. The summed E-state index contributed by atoms with van der Waals surface area (Å²) in [5.74, 6) is 0. The van der Waals surface area contributed by atoms with Crippen LogP contribution in [0.2, 0.25) is 0 Å². The third-order valence-electron chi connectivity index (χ3n) is 0.141. The maximum Gasteiger partial charge on any atom is 0.0631 e. The molecule has 1 unspecified atom stereocenters. The van der Waals surface area contributed by atoms with Gasteiger partial charge in [-0.1, -0.05) is 0 Å². The standard InChI is InChI=1S/C2H6ClNS.ClH/c1-2(4)5-3;/h2H,4H2,1H3;1H. The Hall–Kier alpha value is 0.890. The van der Waals surface area contributed by atoms with Crippen LogP contribution in [0.4, 0.5) is 0 Å². The van der Waals surface area contributed by atoms with Gasteiger partial charge in [-0.3, -0.25) is 0 Å². The van der Waals surface area contributed by atoms with E-state index in [-0.39, 0.29) is 17.8 Å². The molecule has 40 valence electrons. The highest BCUT2D eigenvalue weighted by Gasteiger charge is 1.82. The molecule has 0 aliphatic carbocycles. The molecule has 0 aliphatic rings. The lowest BCUT2D eigenvalue weighted by Gasteiger charge is -1.88. The molecule has 0 aromatic heterocycles. The first kappa shape index (κ1) is 10.00. The monoisotopic (exact) mass is 147 g/mol. The van der Waals surface area contributed by atoms with Crippen LogP contribution in [0.5, 0.6) is 0 Å². The molecule has 0 aliphatic heterocycles. The quantitative estimate of drug-likeness (QED) is 0.571. The highest BCUT2D eigenvalue weighted by atomic mass is 35.7. The highest BCUT2D eigenvalue weighted by Crippen LogP contribution is 2.07. The lowest BCUT2D eigenvalue weighted by atomic mass is 10.8. The lowest BCUT2D eigenvalue weighted by Crippen LogP contribution is -2.05. The van der Waals surface area contributed by atoms with Gasteiger partial charge in [-0.15, -0.1) is 12.4 Å². The van der Waals surface area contributed by atoms with Gasteiger partial charge in [0.15, 0.2) is 0 Å². The molecule has 0 aromatic carbocycles. The van der Waals surface area contributed by atoms with Crippen molar-refractivity contribution in [2.24, 2.45) is 5.73 Å². The summed E-state index contributed by atoms with van der Waals surface area (Å²) in [7, 11) is 6.26. The minimum atomic E-state index is 0. The molecule has 1 atom stereocenters. The van der Waals surface area contributed by atoms with Crippen LogP contribution >= 0.6 is 34.1 Å². The van der Waals surface area contributed by atoms with E-state index in [0.717, 1.165) is 11.0 Å². The van der Waals surface area contributed by atoms with E-state index in [1.165, 1.54) is 0 Å². The van der Waals surface area contributed by atoms with Crippen molar-refractivity contribution in [1.29, 1.82) is 0 Å². The molecule has 6 heavy (non-hydrogen) atoms. The molecule has 0 radical (unpaired) electrons. The highest BCUT2D eigenvalue weighted by molar-refractivity contribution is 8.21. The zero-order valence-corrected chi connectivity index (χ0v) is 5.74. The largest absolute Gasteiger partial charge is 0.319 e. The van der Waals surface area contributed by atoms with E-state index < -0.39 is 0 Å². The van der Waals surface area contributed by atoms with Gasteiger partial charge >= 0.3 is 0 Å². The van der Waals surface area contributed by atoms with Gasteiger partial charge in [-0.05, 0) is 28.6 Å². The Morgan fingerprint density at radius 1 is 1.83 bits per heavy atom.